The minimum Gasteiger partial charge on any atom is -0.489 e. The second-order valence-electron chi connectivity index (χ2n) is 8.25. The van der Waals surface area contributed by atoms with Gasteiger partial charge in [-0.3, -0.25) is 4.79 Å². The van der Waals surface area contributed by atoms with Gasteiger partial charge in [-0.05, 0) is 60.2 Å². The van der Waals surface area contributed by atoms with Crippen LogP contribution >= 0.6 is 11.3 Å². The Kier molecular flexibility index (Phi) is 7.81. The summed E-state index contributed by atoms with van der Waals surface area (Å²) in [6.45, 7) is 0.142. The van der Waals surface area contributed by atoms with Crippen molar-refractivity contribution in [1.29, 1.82) is 0 Å². The van der Waals surface area contributed by atoms with Gasteiger partial charge in [-0.25, -0.2) is 14.8 Å². The van der Waals surface area contributed by atoms with Crippen LogP contribution in [0.1, 0.15) is 21.5 Å². The largest absolute Gasteiger partial charge is 0.489 e. The molecule has 0 aliphatic heterocycles. The highest BCUT2D eigenvalue weighted by molar-refractivity contribution is 7.14. The lowest BCUT2D eigenvalue weighted by Crippen LogP contribution is -2.17. The van der Waals surface area contributed by atoms with Gasteiger partial charge < -0.3 is 10.1 Å². The average Bonchev–Trinajstić information content (AvgIpc) is 3.42. The van der Waals surface area contributed by atoms with E-state index in [1.54, 1.807) is 60.8 Å². The van der Waals surface area contributed by atoms with Gasteiger partial charge in [0.15, 0.2) is 5.13 Å². The molecule has 1 aromatic heterocycles. The minimum absolute atomic E-state index is 0.142. The zero-order valence-electron chi connectivity index (χ0n) is 20.2. The number of ether oxygens (including phenoxy) is 1. The average molecular weight is 523 g/mol. The molecule has 5 rings (SSSR count). The molecule has 0 saturated carbocycles. The molecule has 2 N–H and O–H groups in total. The Labute approximate surface area is 223 Å². The topological polar surface area (TPSA) is 75.6 Å². The van der Waals surface area contributed by atoms with Gasteiger partial charge >= 0.3 is 0 Å². The molecule has 5 aromatic rings. The molecule has 0 atom stereocenters. The molecule has 0 saturated heterocycles. The number of nitrogens with zero attached hydrogens (tertiary/aromatic N) is 2. The normalized spacial score (nSPS) is 10.9. The number of carbonyl (C=O) groups excluding carboxylic acids is 1. The van der Waals surface area contributed by atoms with Crippen molar-refractivity contribution < 1.29 is 13.9 Å². The first kappa shape index (κ1) is 24.9. The van der Waals surface area contributed by atoms with Crippen LogP contribution in [0.25, 0.3) is 11.3 Å². The Morgan fingerprint density at radius 3 is 2.42 bits per heavy atom. The minimum atomic E-state index is -0.317. The Morgan fingerprint density at radius 1 is 0.921 bits per heavy atom. The quantitative estimate of drug-likeness (QED) is 0.161. The third-order valence-corrected chi connectivity index (χ3v) is 6.34. The Hall–Kier alpha value is -4.82. The fourth-order valence-corrected chi connectivity index (χ4v) is 4.30. The van der Waals surface area contributed by atoms with Gasteiger partial charge in [0.25, 0.3) is 5.91 Å². The van der Waals surface area contributed by atoms with Crippen molar-refractivity contribution >= 4 is 34.3 Å². The standard InChI is InChI=1S/C30H23FN4O2S/c31-27-9-5-4-6-24(27)19-37-26-16-10-21(11-17-26)18-32-35-29(36)23-14-12-22(13-15-23)28-20-38-30(34-28)33-25-7-2-1-3-8-25/h1-18,20H,19H2,(H,33,34)(H,35,36)/b32-18-. The van der Waals surface area contributed by atoms with E-state index in [-0.39, 0.29) is 18.3 Å². The second kappa shape index (κ2) is 11.9. The van der Waals surface area contributed by atoms with Crippen molar-refractivity contribution in [2.45, 2.75) is 6.61 Å². The lowest BCUT2D eigenvalue weighted by molar-refractivity contribution is 0.0955. The third-order valence-electron chi connectivity index (χ3n) is 5.58. The highest BCUT2D eigenvalue weighted by Crippen LogP contribution is 2.27. The van der Waals surface area contributed by atoms with E-state index in [9.17, 15) is 9.18 Å². The van der Waals surface area contributed by atoms with Gasteiger partial charge in [0.05, 0.1) is 11.9 Å². The molecule has 0 aliphatic carbocycles. The van der Waals surface area contributed by atoms with Crippen LogP contribution in [-0.4, -0.2) is 17.1 Å². The predicted octanol–water partition coefficient (Wildman–Crippen LogP) is 7.04. The smallest absolute Gasteiger partial charge is 0.271 e. The highest BCUT2D eigenvalue weighted by Gasteiger charge is 2.08. The van der Waals surface area contributed by atoms with Gasteiger partial charge in [-0.1, -0.05) is 48.5 Å². The maximum absolute atomic E-state index is 13.7. The summed E-state index contributed by atoms with van der Waals surface area (Å²) < 4.78 is 19.3. The van der Waals surface area contributed by atoms with E-state index in [0.29, 0.717) is 16.9 Å². The molecular weight excluding hydrogens is 499 g/mol. The summed E-state index contributed by atoms with van der Waals surface area (Å²) in [5, 5.41) is 10.1. The summed E-state index contributed by atoms with van der Waals surface area (Å²) in [5.41, 5.74) is 7.02. The fourth-order valence-electron chi connectivity index (χ4n) is 3.56. The number of rotatable bonds is 9. The molecule has 1 amide bonds. The van der Waals surface area contributed by atoms with Gasteiger partial charge in [-0.2, -0.15) is 5.10 Å². The number of carbonyl (C=O) groups is 1. The van der Waals surface area contributed by atoms with Crippen LogP contribution in [0.2, 0.25) is 0 Å². The summed E-state index contributed by atoms with van der Waals surface area (Å²) in [6, 6.07) is 30.7. The molecule has 0 aliphatic rings. The Balaban J connectivity index is 1.12. The predicted molar refractivity (Wildman–Crippen MR) is 150 cm³/mol. The van der Waals surface area contributed by atoms with E-state index < -0.39 is 0 Å². The van der Waals surface area contributed by atoms with E-state index in [2.05, 4.69) is 20.8 Å². The van der Waals surface area contributed by atoms with Gasteiger partial charge in [-0.15, -0.1) is 11.3 Å². The molecule has 1 heterocycles. The van der Waals surface area contributed by atoms with Crippen molar-refractivity contribution in [3.8, 4) is 17.0 Å². The first-order chi connectivity index (χ1) is 18.6. The molecule has 6 nitrogen and oxygen atoms in total. The molecule has 0 spiro atoms. The van der Waals surface area contributed by atoms with Gasteiger partial charge in [0.2, 0.25) is 0 Å². The van der Waals surface area contributed by atoms with Gasteiger partial charge in [0.1, 0.15) is 18.2 Å². The first-order valence-electron chi connectivity index (χ1n) is 11.8. The van der Waals surface area contributed by atoms with E-state index in [0.717, 1.165) is 27.6 Å². The molecule has 38 heavy (non-hydrogen) atoms. The SMILES string of the molecule is O=C(N/N=C\c1ccc(OCc2ccccc2F)cc1)c1ccc(-c2csc(Nc3ccccc3)n2)cc1. The van der Waals surface area contributed by atoms with Crippen molar-refractivity contribution in [2.24, 2.45) is 5.10 Å². The molecule has 0 radical (unpaired) electrons. The zero-order valence-corrected chi connectivity index (χ0v) is 21.0. The van der Waals surface area contributed by atoms with Crippen molar-refractivity contribution in [1.82, 2.24) is 10.4 Å². The molecule has 188 valence electrons. The Morgan fingerprint density at radius 2 is 1.66 bits per heavy atom. The summed E-state index contributed by atoms with van der Waals surface area (Å²) in [6.07, 6.45) is 1.55. The van der Waals surface area contributed by atoms with Gasteiger partial charge in [0, 0.05) is 27.8 Å². The van der Waals surface area contributed by atoms with Crippen LogP contribution in [0.4, 0.5) is 15.2 Å². The maximum Gasteiger partial charge on any atom is 0.271 e. The van der Waals surface area contributed by atoms with E-state index in [1.807, 2.05) is 47.8 Å². The lowest BCUT2D eigenvalue weighted by Gasteiger charge is -2.07. The molecule has 0 fully saturated rings. The van der Waals surface area contributed by atoms with Crippen LogP contribution in [0.15, 0.2) is 114 Å². The lowest BCUT2D eigenvalue weighted by atomic mass is 10.1. The summed E-state index contributed by atoms with van der Waals surface area (Å²) in [4.78, 5) is 17.1. The summed E-state index contributed by atoms with van der Waals surface area (Å²) >= 11 is 1.52. The van der Waals surface area contributed by atoms with Crippen molar-refractivity contribution in [3.63, 3.8) is 0 Å². The number of hydrogen-bond acceptors (Lipinski definition) is 6. The van der Waals surface area contributed by atoms with E-state index in [4.69, 9.17) is 4.74 Å². The molecule has 0 bridgehead atoms. The van der Waals surface area contributed by atoms with Crippen LogP contribution in [-0.2, 0) is 6.61 Å². The number of hydrazone groups is 1. The molecule has 8 heteroatoms. The highest BCUT2D eigenvalue weighted by atomic mass is 32.1. The Bertz CT molecular complexity index is 1540. The number of amides is 1. The number of thiazole rings is 1. The van der Waals surface area contributed by atoms with Crippen LogP contribution in [0.5, 0.6) is 5.75 Å². The molecule has 4 aromatic carbocycles. The van der Waals surface area contributed by atoms with Crippen molar-refractivity contribution in [3.05, 3.63) is 131 Å². The van der Waals surface area contributed by atoms with Crippen LogP contribution in [0, 0.1) is 5.82 Å². The maximum atomic E-state index is 13.7. The number of benzene rings is 4. The monoisotopic (exact) mass is 522 g/mol. The van der Waals surface area contributed by atoms with E-state index >= 15 is 0 Å². The number of halogens is 1. The zero-order chi connectivity index (χ0) is 26.2. The number of hydrogen-bond donors (Lipinski definition) is 2. The molecule has 0 unspecified atom stereocenters. The van der Waals surface area contributed by atoms with E-state index in [1.165, 1.54) is 17.4 Å². The second-order valence-corrected chi connectivity index (χ2v) is 9.11. The number of aromatic nitrogens is 1. The summed E-state index contributed by atoms with van der Waals surface area (Å²) in [7, 11) is 0. The third kappa shape index (κ3) is 6.48. The van der Waals surface area contributed by atoms with Crippen LogP contribution in [0.3, 0.4) is 0 Å². The van der Waals surface area contributed by atoms with Crippen molar-refractivity contribution in [2.75, 3.05) is 5.32 Å². The number of nitrogens with one attached hydrogen (secondary N) is 2. The first-order valence-corrected chi connectivity index (χ1v) is 12.7. The van der Waals surface area contributed by atoms with Crippen LogP contribution < -0.4 is 15.5 Å². The summed E-state index contributed by atoms with van der Waals surface area (Å²) in [5.74, 6) is -0.00463. The fraction of sp³-hybridized carbons (Fsp3) is 0.0333. The number of para-hydroxylation sites is 1. The number of anilines is 2. The molecular formula is C30H23FN4O2S.